The molecule has 202 valence electrons. The summed E-state index contributed by atoms with van der Waals surface area (Å²) in [6.07, 6.45) is 3.03. The van der Waals surface area contributed by atoms with E-state index in [9.17, 15) is 19.2 Å². The standard InChI is InChI=1S/C28H35N5O5/c29-27(32-28(37)38-20-22-11-5-2-6-12-22)30-17-7-13-23(19-34)31-26(36)24-14-8-18-33(24)25(35)16-15-21-9-3-1-4-10-21/h1-6,9-12,19,23-24H,7-8,13-18,20H2,(H,31,36)(H3,29,30,32,37)/t23-,24-/m0/s1. The van der Waals surface area contributed by atoms with E-state index in [1.165, 1.54) is 0 Å². The average Bonchev–Trinajstić information content (AvgIpc) is 3.44. The maximum Gasteiger partial charge on any atom is 0.414 e. The Hall–Kier alpha value is -4.21. The summed E-state index contributed by atoms with van der Waals surface area (Å²) >= 11 is 0. The van der Waals surface area contributed by atoms with E-state index in [1.54, 1.807) is 4.90 Å². The third kappa shape index (κ3) is 9.34. The van der Waals surface area contributed by atoms with Crippen molar-refractivity contribution >= 4 is 30.2 Å². The number of benzene rings is 2. The van der Waals surface area contributed by atoms with Crippen molar-refractivity contribution in [1.82, 2.24) is 15.5 Å². The molecule has 2 aromatic rings. The number of hydrogen-bond donors (Lipinski definition) is 3. The fourth-order valence-corrected chi connectivity index (χ4v) is 4.24. The van der Waals surface area contributed by atoms with E-state index in [0.717, 1.165) is 17.5 Å². The topological polar surface area (TPSA) is 143 Å². The van der Waals surface area contributed by atoms with Crippen LogP contribution < -0.4 is 16.4 Å². The minimum Gasteiger partial charge on any atom is -0.444 e. The number of likely N-dealkylation sites (tertiary alicyclic amines) is 1. The van der Waals surface area contributed by atoms with Gasteiger partial charge in [0.1, 0.15) is 18.9 Å². The molecule has 0 saturated carbocycles. The van der Waals surface area contributed by atoms with Crippen LogP contribution in [0.1, 0.15) is 43.2 Å². The Morgan fingerprint density at radius 3 is 2.45 bits per heavy atom. The van der Waals surface area contributed by atoms with E-state index in [1.807, 2.05) is 60.7 Å². The minimum absolute atomic E-state index is 0.0613. The lowest BCUT2D eigenvalue weighted by Gasteiger charge is -2.25. The lowest BCUT2D eigenvalue weighted by Crippen LogP contribution is -2.49. The second kappa shape index (κ2) is 15.1. The number of ether oxygens (including phenoxy) is 1. The molecule has 1 aliphatic heterocycles. The Kier molecular flexibility index (Phi) is 11.3. The monoisotopic (exact) mass is 521 g/mol. The van der Waals surface area contributed by atoms with Gasteiger partial charge in [-0.3, -0.25) is 19.9 Å². The second-order valence-corrected chi connectivity index (χ2v) is 9.08. The predicted molar refractivity (Wildman–Crippen MR) is 143 cm³/mol. The molecular formula is C28H35N5O5. The van der Waals surface area contributed by atoms with Crippen molar-refractivity contribution in [3.63, 3.8) is 0 Å². The number of amides is 3. The summed E-state index contributed by atoms with van der Waals surface area (Å²) in [5.74, 6) is -0.474. The first-order chi connectivity index (χ1) is 18.5. The van der Waals surface area contributed by atoms with E-state index in [-0.39, 0.29) is 30.9 Å². The Morgan fingerprint density at radius 2 is 1.76 bits per heavy atom. The smallest absolute Gasteiger partial charge is 0.414 e. The molecular weight excluding hydrogens is 486 g/mol. The fourth-order valence-electron chi connectivity index (χ4n) is 4.24. The molecule has 2 atom stereocenters. The number of nitrogens with one attached hydrogen (secondary N) is 2. The van der Waals surface area contributed by atoms with Crippen LogP contribution in [0.4, 0.5) is 4.79 Å². The van der Waals surface area contributed by atoms with Crippen LogP contribution in [-0.2, 0) is 32.1 Å². The normalized spacial score (nSPS) is 15.9. The van der Waals surface area contributed by atoms with Crippen LogP contribution in [0.15, 0.2) is 65.7 Å². The Labute approximate surface area is 222 Å². The molecule has 3 amide bonds. The van der Waals surface area contributed by atoms with Gasteiger partial charge in [-0.2, -0.15) is 0 Å². The van der Waals surface area contributed by atoms with Gasteiger partial charge in [-0.15, -0.1) is 0 Å². The predicted octanol–water partition coefficient (Wildman–Crippen LogP) is 2.32. The van der Waals surface area contributed by atoms with E-state index >= 15 is 0 Å². The van der Waals surface area contributed by atoms with E-state index in [0.29, 0.717) is 44.9 Å². The largest absolute Gasteiger partial charge is 0.444 e. The second-order valence-electron chi connectivity index (χ2n) is 9.08. The van der Waals surface area contributed by atoms with Crippen molar-refractivity contribution < 1.29 is 23.9 Å². The van der Waals surface area contributed by atoms with Crippen LogP contribution >= 0.6 is 0 Å². The molecule has 0 aromatic heterocycles. The third-order valence-electron chi connectivity index (χ3n) is 6.24. The van der Waals surface area contributed by atoms with Gasteiger partial charge < -0.3 is 25.5 Å². The minimum atomic E-state index is -0.715. The SMILES string of the molecule is NC(=NCCC[C@@H](C=O)NC(=O)[C@@H]1CCCN1C(=O)CCc1ccccc1)NC(=O)OCc1ccccc1. The van der Waals surface area contributed by atoms with Crippen molar-refractivity contribution in [2.24, 2.45) is 10.7 Å². The lowest BCUT2D eigenvalue weighted by molar-refractivity contribution is -0.139. The van der Waals surface area contributed by atoms with Gasteiger partial charge in [0.25, 0.3) is 0 Å². The van der Waals surface area contributed by atoms with Gasteiger partial charge >= 0.3 is 6.09 Å². The van der Waals surface area contributed by atoms with Gasteiger partial charge in [0.2, 0.25) is 11.8 Å². The van der Waals surface area contributed by atoms with Crippen molar-refractivity contribution in [2.75, 3.05) is 13.1 Å². The molecule has 0 unspecified atom stereocenters. The van der Waals surface area contributed by atoms with Gasteiger partial charge in [-0.1, -0.05) is 60.7 Å². The molecule has 0 aliphatic carbocycles. The van der Waals surface area contributed by atoms with E-state index in [4.69, 9.17) is 10.5 Å². The molecule has 38 heavy (non-hydrogen) atoms. The van der Waals surface area contributed by atoms with Crippen LogP contribution in [0, 0.1) is 0 Å². The first-order valence-corrected chi connectivity index (χ1v) is 12.8. The summed E-state index contributed by atoms with van der Waals surface area (Å²) < 4.78 is 5.08. The van der Waals surface area contributed by atoms with Gasteiger partial charge in [0, 0.05) is 19.5 Å². The van der Waals surface area contributed by atoms with Gasteiger partial charge in [-0.25, -0.2) is 4.79 Å². The molecule has 4 N–H and O–H groups in total. The Balaban J connectivity index is 1.37. The molecule has 10 nitrogen and oxygen atoms in total. The molecule has 0 bridgehead atoms. The van der Waals surface area contributed by atoms with Crippen molar-refractivity contribution in [2.45, 2.75) is 57.2 Å². The zero-order chi connectivity index (χ0) is 27.2. The van der Waals surface area contributed by atoms with Crippen molar-refractivity contribution in [3.8, 4) is 0 Å². The van der Waals surface area contributed by atoms with Crippen LogP contribution in [-0.4, -0.2) is 60.2 Å². The lowest BCUT2D eigenvalue weighted by atomic mass is 10.1. The Bertz CT molecular complexity index is 1090. The fraction of sp³-hybridized carbons (Fsp3) is 0.393. The summed E-state index contributed by atoms with van der Waals surface area (Å²) in [7, 11) is 0. The number of carbonyl (C=O) groups excluding carboxylic acids is 4. The molecule has 1 fully saturated rings. The zero-order valence-electron chi connectivity index (χ0n) is 21.4. The van der Waals surface area contributed by atoms with Crippen molar-refractivity contribution in [3.05, 3.63) is 71.8 Å². The Morgan fingerprint density at radius 1 is 1.08 bits per heavy atom. The molecule has 0 spiro atoms. The van der Waals surface area contributed by atoms with Gasteiger partial charge in [0.05, 0.1) is 6.04 Å². The maximum absolute atomic E-state index is 12.9. The highest BCUT2D eigenvalue weighted by molar-refractivity contribution is 5.92. The average molecular weight is 522 g/mol. The van der Waals surface area contributed by atoms with E-state index in [2.05, 4.69) is 15.6 Å². The highest BCUT2D eigenvalue weighted by atomic mass is 16.5. The van der Waals surface area contributed by atoms with Crippen LogP contribution in [0.25, 0.3) is 0 Å². The van der Waals surface area contributed by atoms with Crippen molar-refractivity contribution in [1.29, 1.82) is 0 Å². The summed E-state index contributed by atoms with van der Waals surface area (Å²) in [5, 5.41) is 5.10. The number of carbonyl (C=O) groups is 4. The molecule has 1 aliphatic rings. The number of alkyl carbamates (subject to hydrolysis) is 1. The highest BCUT2D eigenvalue weighted by Crippen LogP contribution is 2.19. The van der Waals surface area contributed by atoms with Gasteiger partial charge in [-0.05, 0) is 43.2 Å². The number of aliphatic imine (C=N–C) groups is 1. The number of rotatable bonds is 12. The number of hydrogen-bond acceptors (Lipinski definition) is 6. The van der Waals surface area contributed by atoms with Crippen LogP contribution in [0.5, 0.6) is 0 Å². The molecule has 2 aromatic carbocycles. The number of aldehydes is 1. The quantitative estimate of drug-likeness (QED) is 0.169. The van der Waals surface area contributed by atoms with Crippen LogP contribution in [0.3, 0.4) is 0 Å². The molecule has 1 heterocycles. The zero-order valence-corrected chi connectivity index (χ0v) is 21.4. The summed E-state index contributed by atoms with van der Waals surface area (Å²) in [5.41, 5.74) is 7.64. The molecule has 0 radical (unpaired) electrons. The van der Waals surface area contributed by atoms with Gasteiger partial charge in [0.15, 0.2) is 5.96 Å². The third-order valence-corrected chi connectivity index (χ3v) is 6.24. The molecule has 3 rings (SSSR count). The molecule has 1 saturated heterocycles. The van der Waals surface area contributed by atoms with Crippen LogP contribution in [0.2, 0.25) is 0 Å². The summed E-state index contributed by atoms with van der Waals surface area (Å²) in [6.45, 7) is 0.891. The first kappa shape index (κ1) is 28.4. The molecule has 10 heteroatoms. The number of aryl methyl sites for hydroxylation is 1. The van der Waals surface area contributed by atoms with E-state index < -0.39 is 18.2 Å². The number of nitrogens with two attached hydrogens (primary N) is 1. The summed E-state index contributed by atoms with van der Waals surface area (Å²) in [6, 6.07) is 17.7. The number of nitrogens with zero attached hydrogens (tertiary/aromatic N) is 2. The first-order valence-electron chi connectivity index (χ1n) is 12.8. The maximum atomic E-state index is 12.9. The summed E-state index contributed by atoms with van der Waals surface area (Å²) in [4.78, 5) is 54.7. The number of guanidine groups is 1. The highest BCUT2D eigenvalue weighted by Gasteiger charge is 2.34.